The van der Waals surface area contributed by atoms with Gasteiger partial charge < -0.3 is 9.80 Å². The number of carbonyl (C=O) groups is 1. The molecular formula is C28H34ClN5OS. The summed E-state index contributed by atoms with van der Waals surface area (Å²) in [5, 5.41) is 1.60. The Labute approximate surface area is 223 Å². The number of rotatable bonds is 10. The number of benzene rings is 2. The van der Waals surface area contributed by atoms with Crippen LogP contribution in [-0.2, 0) is 11.2 Å². The van der Waals surface area contributed by atoms with Crippen LogP contribution in [0.25, 0.3) is 6.08 Å². The molecule has 1 saturated heterocycles. The van der Waals surface area contributed by atoms with E-state index in [4.69, 9.17) is 16.6 Å². The number of aromatic nitrogens is 2. The molecule has 2 heterocycles. The van der Waals surface area contributed by atoms with Gasteiger partial charge in [-0.1, -0.05) is 66.2 Å². The van der Waals surface area contributed by atoms with E-state index < -0.39 is 0 Å². The van der Waals surface area contributed by atoms with Crippen LogP contribution in [0, 0.1) is 0 Å². The summed E-state index contributed by atoms with van der Waals surface area (Å²) >= 11 is 7.39. The number of halogens is 1. The molecule has 1 aliphatic heterocycles. The van der Waals surface area contributed by atoms with E-state index in [0.717, 1.165) is 54.3 Å². The zero-order chi connectivity index (χ0) is 25.3. The fourth-order valence-corrected chi connectivity index (χ4v) is 5.22. The Bertz CT molecular complexity index is 1120. The Morgan fingerprint density at radius 2 is 1.81 bits per heavy atom. The second-order valence-electron chi connectivity index (χ2n) is 9.33. The molecule has 190 valence electrons. The minimum Gasteiger partial charge on any atom is -0.344 e. The van der Waals surface area contributed by atoms with Gasteiger partial charge in [0.05, 0.1) is 0 Å². The lowest BCUT2D eigenvalue weighted by molar-refractivity contribution is -0.132. The highest BCUT2D eigenvalue weighted by atomic mass is 35.5. The highest BCUT2D eigenvalue weighted by molar-refractivity contribution is 7.09. The summed E-state index contributed by atoms with van der Waals surface area (Å²) in [5.74, 6) is 1.01. The van der Waals surface area contributed by atoms with Gasteiger partial charge in [-0.25, -0.2) is 4.98 Å². The van der Waals surface area contributed by atoms with Crippen molar-refractivity contribution < 1.29 is 4.79 Å². The molecule has 0 unspecified atom stereocenters. The van der Waals surface area contributed by atoms with E-state index in [1.807, 2.05) is 35.2 Å². The van der Waals surface area contributed by atoms with Crippen molar-refractivity contribution in [1.29, 1.82) is 0 Å². The molecule has 4 rings (SSSR count). The van der Waals surface area contributed by atoms with E-state index in [0.29, 0.717) is 19.4 Å². The van der Waals surface area contributed by atoms with Gasteiger partial charge in [-0.2, -0.15) is 4.37 Å². The van der Waals surface area contributed by atoms with Gasteiger partial charge in [-0.3, -0.25) is 9.69 Å². The van der Waals surface area contributed by atoms with Crippen LogP contribution in [0.4, 0.5) is 5.13 Å². The van der Waals surface area contributed by atoms with Gasteiger partial charge in [0.1, 0.15) is 5.82 Å². The van der Waals surface area contributed by atoms with E-state index >= 15 is 0 Å². The number of hydrogen-bond donors (Lipinski definition) is 0. The molecule has 6 nitrogen and oxygen atoms in total. The van der Waals surface area contributed by atoms with Crippen LogP contribution < -0.4 is 4.90 Å². The molecule has 36 heavy (non-hydrogen) atoms. The number of piperazine rings is 1. The topological polar surface area (TPSA) is 52.6 Å². The molecule has 0 spiro atoms. The normalized spacial score (nSPS) is 14.6. The first-order valence-electron chi connectivity index (χ1n) is 12.5. The fourth-order valence-electron chi connectivity index (χ4n) is 4.25. The molecule has 0 radical (unpaired) electrons. The van der Waals surface area contributed by atoms with Gasteiger partial charge in [0.2, 0.25) is 11.0 Å². The third-order valence-corrected chi connectivity index (χ3v) is 7.41. The molecule has 3 aromatic rings. The summed E-state index contributed by atoms with van der Waals surface area (Å²) in [7, 11) is 0. The fraction of sp³-hybridized carbons (Fsp3) is 0.393. The number of carbonyl (C=O) groups excluding carboxylic acids is 1. The molecule has 0 aliphatic carbocycles. The first kappa shape index (κ1) is 26.3. The second kappa shape index (κ2) is 13.0. The summed E-state index contributed by atoms with van der Waals surface area (Å²) in [6.45, 7) is 9.19. The van der Waals surface area contributed by atoms with E-state index in [-0.39, 0.29) is 11.9 Å². The average molecular weight is 524 g/mol. The van der Waals surface area contributed by atoms with Crippen molar-refractivity contribution in [2.45, 2.75) is 32.7 Å². The predicted molar refractivity (Wildman–Crippen MR) is 150 cm³/mol. The van der Waals surface area contributed by atoms with Crippen molar-refractivity contribution >= 4 is 40.2 Å². The standard InChI is InChI=1S/C28H34ClN5OS/c1-22(2)34(28-30-26(31-36-28)21-24-10-12-25(29)13-11-24)16-14-27(35)33-19-17-32(18-20-33)15-6-9-23-7-4-3-5-8-23/h3-13,22H,14-21H2,1-2H3. The van der Waals surface area contributed by atoms with Gasteiger partial charge >= 0.3 is 0 Å². The number of hydrogen-bond acceptors (Lipinski definition) is 6. The highest BCUT2D eigenvalue weighted by Crippen LogP contribution is 2.22. The van der Waals surface area contributed by atoms with E-state index in [2.05, 4.69) is 64.4 Å². The molecule has 1 aliphatic rings. The van der Waals surface area contributed by atoms with Crippen LogP contribution in [0.2, 0.25) is 5.02 Å². The van der Waals surface area contributed by atoms with Gasteiger partial charge in [0.25, 0.3) is 0 Å². The predicted octanol–water partition coefficient (Wildman–Crippen LogP) is 5.24. The smallest absolute Gasteiger partial charge is 0.224 e. The van der Waals surface area contributed by atoms with Crippen LogP contribution in [-0.4, -0.2) is 70.4 Å². The summed E-state index contributed by atoms with van der Waals surface area (Å²) in [6.07, 6.45) is 5.52. The zero-order valence-corrected chi connectivity index (χ0v) is 22.6. The molecule has 8 heteroatoms. The Balaban J connectivity index is 1.23. The van der Waals surface area contributed by atoms with E-state index in [1.165, 1.54) is 17.1 Å². The number of anilines is 1. The summed E-state index contributed by atoms with van der Waals surface area (Å²) in [6, 6.07) is 18.4. The first-order chi connectivity index (χ1) is 17.5. The Morgan fingerprint density at radius 3 is 2.50 bits per heavy atom. The zero-order valence-electron chi connectivity index (χ0n) is 21.0. The Kier molecular flexibility index (Phi) is 9.50. The molecule has 1 amide bonds. The highest BCUT2D eigenvalue weighted by Gasteiger charge is 2.23. The minimum absolute atomic E-state index is 0.214. The second-order valence-corrected chi connectivity index (χ2v) is 10.5. The molecule has 1 aromatic heterocycles. The lowest BCUT2D eigenvalue weighted by atomic mass is 10.1. The maximum atomic E-state index is 13.0. The lowest BCUT2D eigenvalue weighted by Crippen LogP contribution is -2.49. The van der Waals surface area contributed by atoms with Gasteiger partial charge in [0, 0.05) is 74.7 Å². The largest absolute Gasteiger partial charge is 0.344 e. The molecular weight excluding hydrogens is 490 g/mol. The number of nitrogens with zero attached hydrogens (tertiary/aromatic N) is 5. The Hall–Kier alpha value is -2.74. The van der Waals surface area contributed by atoms with Crippen molar-refractivity contribution in [2.75, 3.05) is 44.2 Å². The average Bonchev–Trinajstić information content (AvgIpc) is 3.34. The van der Waals surface area contributed by atoms with Crippen LogP contribution in [0.5, 0.6) is 0 Å². The molecule has 2 aromatic carbocycles. The maximum absolute atomic E-state index is 13.0. The van der Waals surface area contributed by atoms with Gasteiger partial charge in [0.15, 0.2) is 0 Å². The monoisotopic (exact) mass is 523 g/mol. The summed E-state index contributed by atoms with van der Waals surface area (Å²) < 4.78 is 4.56. The Morgan fingerprint density at radius 1 is 1.08 bits per heavy atom. The van der Waals surface area contributed by atoms with Gasteiger partial charge in [-0.15, -0.1) is 0 Å². The third-order valence-electron chi connectivity index (χ3n) is 6.37. The summed E-state index contributed by atoms with van der Waals surface area (Å²) in [5.41, 5.74) is 2.35. The van der Waals surface area contributed by atoms with Crippen LogP contribution in [0.1, 0.15) is 37.2 Å². The third kappa shape index (κ3) is 7.63. The van der Waals surface area contributed by atoms with Crippen molar-refractivity contribution in [3.8, 4) is 0 Å². The molecule has 0 bridgehead atoms. The molecule has 0 atom stereocenters. The van der Waals surface area contributed by atoms with Gasteiger partial charge in [-0.05, 0) is 37.1 Å². The lowest BCUT2D eigenvalue weighted by Gasteiger charge is -2.35. The quantitative estimate of drug-likeness (QED) is 0.363. The molecule has 0 saturated carbocycles. The van der Waals surface area contributed by atoms with E-state index in [9.17, 15) is 4.79 Å². The van der Waals surface area contributed by atoms with Crippen LogP contribution in [0.3, 0.4) is 0 Å². The van der Waals surface area contributed by atoms with E-state index in [1.54, 1.807) is 0 Å². The van der Waals surface area contributed by atoms with Crippen molar-refractivity contribution in [1.82, 2.24) is 19.2 Å². The van der Waals surface area contributed by atoms with Crippen LogP contribution in [0.15, 0.2) is 60.7 Å². The SMILES string of the molecule is CC(C)N(CCC(=O)N1CCN(CC=Cc2ccccc2)CC1)c1nc(Cc2ccc(Cl)cc2)ns1. The van der Waals surface area contributed by atoms with Crippen molar-refractivity contribution in [3.63, 3.8) is 0 Å². The first-order valence-corrected chi connectivity index (χ1v) is 13.7. The summed E-state index contributed by atoms with van der Waals surface area (Å²) in [4.78, 5) is 24.3. The molecule has 1 fully saturated rings. The molecule has 0 N–H and O–H groups in total. The maximum Gasteiger partial charge on any atom is 0.224 e. The minimum atomic E-state index is 0.214. The number of amides is 1. The van der Waals surface area contributed by atoms with Crippen LogP contribution >= 0.6 is 23.1 Å². The van der Waals surface area contributed by atoms with Crippen molar-refractivity contribution in [3.05, 3.63) is 82.6 Å². The van der Waals surface area contributed by atoms with Crippen molar-refractivity contribution in [2.24, 2.45) is 0 Å².